The van der Waals surface area contributed by atoms with Gasteiger partial charge in [0.15, 0.2) is 5.78 Å². The predicted octanol–water partition coefficient (Wildman–Crippen LogP) is 2.24. The molecule has 0 bridgehead atoms. The lowest BCUT2D eigenvalue weighted by Gasteiger charge is -2.25. The summed E-state index contributed by atoms with van der Waals surface area (Å²) in [6.45, 7) is 3.26. The molecule has 1 aliphatic heterocycles. The molecule has 1 aromatic carbocycles. The number of benzene rings is 1. The Morgan fingerprint density at radius 1 is 1.45 bits per heavy atom. The van der Waals surface area contributed by atoms with Crippen LogP contribution in [0.3, 0.4) is 0 Å². The minimum atomic E-state index is -0.440. The van der Waals surface area contributed by atoms with Crippen LogP contribution in [0.1, 0.15) is 36.5 Å². The number of likely N-dealkylation sites (N-methyl/N-ethyl adjacent to an activating group) is 1. The van der Waals surface area contributed by atoms with Gasteiger partial charge in [0, 0.05) is 37.0 Å². The molecule has 0 aromatic heterocycles. The number of carbonyl (C=O) groups excluding carboxylic acids is 2. The lowest BCUT2D eigenvalue weighted by Crippen LogP contribution is -2.41. The third kappa shape index (κ3) is 3.91. The molecule has 4 nitrogen and oxygen atoms in total. The van der Waals surface area contributed by atoms with Crippen molar-refractivity contribution < 1.29 is 14.0 Å². The Bertz CT molecular complexity index is 547. The Balaban J connectivity index is 1.97. The van der Waals surface area contributed by atoms with Crippen LogP contribution < -0.4 is 5.32 Å². The van der Waals surface area contributed by atoms with Crippen LogP contribution in [-0.2, 0) is 4.79 Å². The number of likely N-dealkylation sites (tertiary alicyclic amines) is 1. The second kappa shape index (κ2) is 7.49. The maximum atomic E-state index is 13.2. The first-order valence-electron chi connectivity index (χ1n) is 7.76. The molecule has 1 fully saturated rings. The molecule has 1 amide bonds. The Labute approximate surface area is 130 Å². The number of hydrogen-bond donors (Lipinski definition) is 1. The topological polar surface area (TPSA) is 49.4 Å². The van der Waals surface area contributed by atoms with Gasteiger partial charge < -0.3 is 10.2 Å². The van der Waals surface area contributed by atoms with E-state index in [-0.39, 0.29) is 24.2 Å². The van der Waals surface area contributed by atoms with Crippen molar-refractivity contribution in [2.24, 2.45) is 5.92 Å². The summed E-state index contributed by atoms with van der Waals surface area (Å²) in [6, 6.07) is 5.85. The first-order valence-corrected chi connectivity index (χ1v) is 7.76. The number of ketones is 1. The van der Waals surface area contributed by atoms with Crippen molar-refractivity contribution in [2.75, 3.05) is 20.1 Å². The largest absolute Gasteiger partial charge is 0.338 e. The highest BCUT2D eigenvalue weighted by Crippen LogP contribution is 2.21. The highest BCUT2D eigenvalue weighted by Gasteiger charge is 2.30. The van der Waals surface area contributed by atoms with E-state index in [0.717, 1.165) is 25.9 Å². The van der Waals surface area contributed by atoms with E-state index < -0.39 is 11.7 Å². The molecule has 120 valence electrons. The minimum absolute atomic E-state index is 0.00926. The van der Waals surface area contributed by atoms with Gasteiger partial charge in [0.2, 0.25) is 5.91 Å². The van der Waals surface area contributed by atoms with Crippen LogP contribution in [0.25, 0.3) is 0 Å². The number of hydrogen-bond acceptors (Lipinski definition) is 3. The zero-order valence-electron chi connectivity index (χ0n) is 13.1. The first-order chi connectivity index (χ1) is 10.5. The molecule has 1 N–H and O–H groups in total. The highest BCUT2D eigenvalue weighted by molar-refractivity contribution is 5.99. The maximum absolute atomic E-state index is 13.2. The van der Waals surface area contributed by atoms with E-state index in [0.29, 0.717) is 5.56 Å². The average molecular weight is 306 g/mol. The molecule has 1 aliphatic rings. The Hall–Kier alpha value is -1.75. The molecule has 2 rings (SSSR count). The van der Waals surface area contributed by atoms with Crippen LogP contribution in [0, 0.1) is 11.7 Å². The van der Waals surface area contributed by atoms with Crippen LogP contribution in [0.4, 0.5) is 4.39 Å². The SMILES string of the molecule is CNCC1CCCN1C(=O)CC(C)C(=O)c1cccc(F)c1. The summed E-state index contributed by atoms with van der Waals surface area (Å²) in [6.07, 6.45) is 2.18. The molecule has 0 radical (unpaired) electrons. The number of carbonyl (C=O) groups is 2. The zero-order chi connectivity index (χ0) is 16.1. The van der Waals surface area contributed by atoms with Gasteiger partial charge in [-0.05, 0) is 32.0 Å². The number of nitrogens with zero attached hydrogens (tertiary/aromatic N) is 1. The van der Waals surface area contributed by atoms with Crippen molar-refractivity contribution >= 4 is 11.7 Å². The van der Waals surface area contributed by atoms with Crippen LogP contribution in [0.15, 0.2) is 24.3 Å². The molecule has 0 saturated carbocycles. The Morgan fingerprint density at radius 2 is 2.23 bits per heavy atom. The van der Waals surface area contributed by atoms with Crippen molar-refractivity contribution in [2.45, 2.75) is 32.2 Å². The molecular formula is C17H23FN2O2. The van der Waals surface area contributed by atoms with Gasteiger partial charge in [-0.15, -0.1) is 0 Å². The maximum Gasteiger partial charge on any atom is 0.223 e. The van der Waals surface area contributed by atoms with Crippen molar-refractivity contribution in [3.63, 3.8) is 0 Å². The Morgan fingerprint density at radius 3 is 2.91 bits per heavy atom. The van der Waals surface area contributed by atoms with Crippen LogP contribution >= 0.6 is 0 Å². The van der Waals surface area contributed by atoms with Crippen molar-refractivity contribution in [3.8, 4) is 0 Å². The summed E-state index contributed by atoms with van der Waals surface area (Å²) in [4.78, 5) is 26.6. The van der Waals surface area contributed by atoms with E-state index in [1.165, 1.54) is 18.2 Å². The third-order valence-corrected chi connectivity index (χ3v) is 4.17. The zero-order valence-corrected chi connectivity index (χ0v) is 13.1. The van der Waals surface area contributed by atoms with Gasteiger partial charge in [0.05, 0.1) is 0 Å². The summed E-state index contributed by atoms with van der Waals surface area (Å²) in [7, 11) is 1.87. The van der Waals surface area contributed by atoms with E-state index in [9.17, 15) is 14.0 Å². The third-order valence-electron chi connectivity index (χ3n) is 4.17. The van der Waals surface area contributed by atoms with Gasteiger partial charge in [-0.25, -0.2) is 4.39 Å². The quantitative estimate of drug-likeness (QED) is 0.820. The van der Waals surface area contributed by atoms with Gasteiger partial charge >= 0.3 is 0 Å². The molecule has 5 heteroatoms. The van der Waals surface area contributed by atoms with E-state index in [1.54, 1.807) is 13.0 Å². The molecule has 0 spiro atoms. The number of nitrogens with one attached hydrogen (secondary N) is 1. The van der Waals surface area contributed by atoms with Crippen molar-refractivity contribution in [3.05, 3.63) is 35.6 Å². The molecule has 22 heavy (non-hydrogen) atoms. The fraction of sp³-hybridized carbons (Fsp3) is 0.529. The van der Waals surface area contributed by atoms with E-state index in [4.69, 9.17) is 0 Å². The van der Waals surface area contributed by atoms with E-state index in [1.807, 2.05) is 11.9 Å². The van der Waals surface area contributed by atoms with Gasteiger partial charge in [-0.3, -0.25) is 9.59 Å². The van der Waals surface area contributed by atoms with Gasteiger partial charge in [-0.2, -0.15) is 0 Å². The molecular weight excluding hydrogens is 283 g/mol. The van der Waals surface area contributed by atoms with Crippen LogP contribution in [0.2, 0.25) is 0 Å². The molecule has 1 saturated heterocycles. The summed E-state index contributed by atoms with van der Waals surface area (Å²) < 4.78 is 13.2. The second-order valence-electron chi connectivity index (χ2n) is 5.92. The number of amides is 1. The van der Waals surface area contributed by atoms with Crippen LogP contribution in [-0.4, -0.2) is 42.8 Å². The molecule has 1 heterocycles. The minimum Gasteiger partial charge on any atom is -0.338 e. The second-order valence-corrected chi connectivity index (χ2v) is 5.92. The number of rotatable bonds is 6. The molecule has 1 aromatic rings. The monoisotopic (exact) mass is 306 g/mol. The molecule has 2 unspecified atom stereocenters. The van der Waals surface area contributed by atoms with Crippen molar-refractivity contribution in [1.29, 1.82) is 0 Å². The standard InChI is InChI=1S/C17H23FN2O2/c1-12(17(22)13-5-3-6-14(18)10-13)9-16(21)20-8-4-7-15(20)11-19-2/h3,5-6,10,12,15,19H,4,7-9,11H2,1-2H3. The van der Waals surface area contributed by atoms with Crippen LogP contribution in [0.5, 0.6) is 0 Å². The highest BCUT2D eigenvalue weighted by atomic mass is 19.1. The predicted molar refractivity (Wildman–Crippen MR) is 83.2 cm³/mol. The summed E-state index contributed by atoms with van der Waals surface area (Å²) in [5, 5.41) is 3.10. The van der Waals surface area contributed by atoms with Gasteiger partial charge in [-0.1, -0.05) is 19.1 Å². The fourth-order valence-electron chi connectivity index (χ4n) is 3.01. The smallest absolute Gasteiger partial charge is 0.223 e. The number of Topliss-reactive ketones (excluding diaryl/α,β-unsaturated/α-hetero) is 1. The fourth-order valence-corrected chi connectivity index (χ4v) is 3.01. The first kappa shape index (κ1) is 16.6. The molecule has 0 aliphatic carbocycles. The van der Waals surface area contributed by atoms with E-state index in [2.05, 4.69) is 5.32 Å². The summed E-state index contributed by atoms with van der Waals surface area (Å²) in [5.41, 5.74) is 0.327. The average Bonchev–Trinajstić information content (AvgIpc) is 2.95. The normalized spacial score (nSPS) is 19.2. The lowest BCUT2D eigenvalue weighted by molar-refractivity contribution is -0.132. The van der Waals surface area contributed by atoms with Gasteiger partial charge in [0.25, 0.3) is 0 Å². The van der Waals surface area contributed by atoms with E-state index >= 15 is 0 Å². The lowest BCUT2D eigenvalue weighted by atomic mass is 9.95. The number of halogens is 1. The Kier molecular flexibility index (Phi) is 5.66. The summed E-state index contributed by atoms with van der Waals surface area (Å²) >= 11 is 0. The summed E-state index contributed by atoms with van der Waals surface area (Å²) in [5.74, 6) is -1.05. The van der Waals surface area contributed by atoms with Crippen molar-refractivity contribution in [1.82, 2.24) is 10.2 Å². The molecule has 2 atom stereocenters. The van der Waals surface area contributed by atoms with Gasteiger partial charge in [0.1, 0.15) is 5.82 Å².